The lowest BCUT2D eigenvalue weighted by Gasteiger charge is -1.98. The van der Waals surface area contributed by atoms with Gasteiger partial charge in [0.15, 0.2) is 0 Å². The Balaban J connectivity index is 0.000000810. The molecule has 0 radical (unpaired) electrons. The van der Waals surface area contributed by atoms with Crippen molar-refractivity contribution in [1.29, 1.82) is 0 Å². The Morgan fingerprint density at radius 2 is 1.90 bits per heavy atom. The van der Waals surface area contributed by atoms with Gasteiger partial charge in [0, 0.05) is 11.4 Å². The fourth-order valence-electron chi connectivity index (χ4n) is 0.678. The van der Waals surface area contributed by atoms with Crippen LogP contribution in [-0.2, 0) is 5.75 Å². The molecule has 0 heterocycles. The average molecular weight is 176 g/mol. The molecule has 0 aliphatic carbocycles. The van der Waals surface area contributed by atoms with Gasteiger partial charge in [-0.25, -0.2) is 0 Å². The minimum Gasteiger partial charge on any atom is -0.398 e. The molecule has 0 atom stereocenters. The molecule has 1 nitrogen and oxygen atoms in total. The number of hydrogen-bond acceptors (Lipinski definition) is 2. The highest BCUT2D eigenvalue weighted by Crippen LogP contribution is 2.11. The molecule has 0 unspecified atom stereocenters. The monoisotopic (exact) mass is 175 g/mol. The summed E-state index contributed by atoms with van der Waals surface area (Å²) in [7, 11) is 0. The minimum absolute atomic E-state index is 0. The summed E-state index contributed by atoms with van der Waals surface area (Å²) >= 11 is 4.10. The molecule has 0 saturated heterocycles. The summed E-state index contributed by atoms with van der Waals surface area (Å²) in [6.07, 6.45) is 0. The molecule has 56 valence electrons. The van der Waals surface area contributed by atoms with Crippen molar-refractivity contribution >= 4 is 30.7 Å². The van der Waals surface area contributed by atoms with Crippen LogP contribution in [0, 0.1) is 0 Å². The Labute approximate surface area is 72.4 Å². The third-order valence-corrected chi connectivity index (χ3v) is 1.57. The molecule has 1 aromatic carbocycles. The van der Waals surface area contributed by atoms with Crippen molar-refractivity contribution in [3.8, 4) is 0 Å². The third-order valence-electron chi connectivity index (χ3n) is 1.23. The van der Waals surface area contributed by atoms with Gasteiger partial charge >= 0.3 is 0 Å². The van der Waals surface area contributed by atoms with E-state index in [0.717, 1.165) is 11.3 Å². The number of para-hydroxylation sites is 1. The quantitative estimate of drug-likeness (QED) is 0.497. The Hall–Kier alpha value is -0.340. The fourth-order valence-corrected chi connectivity index (χ4v) is 0.966. The van der Waals surface area contributed by atoms with Gasteiger partial charge in [-0.15, -0.1) is 12.4 Å². The molecular formula is C7H10ClNS. The molecule has 1 aromatic rings. The molecule has 1 rings (SSSR count). The number of nitrogen functional groups attached to an aromatic ring is 1. The average Bonchev–Trinajstić information content (AvgIpc) is 1.89. The topological polar surface area (TPSA) is 26.0 Å². The molecule has 10 heavy (non-hydrogen) atoms. The zero-order valence-electron chi connectivity index (χ0n) is 5.45. The molecule has 0 fully saturated rings. The first kappa shape index (κ1) is 9.66. The smallest absolute Gasteiger partial charge is 0.0354 e. The van der Waals surface area contributed by atoms with Crippen molar-refractivity contribution in [3.63, 3.8) is 0 Å². The normalized spacial score (nSPS) is 8.50. The van der Waals surface area contributed by atoms with Crippen molar-refractivity contribution < 1.29 is 0 Å². The third kappa shape index (κ3) is 2.12. The highest BCUT2D eigenvalue weighted by molar-refractivity contribution is 7.79. The summed E-state index contributed by atoms with van der Waals surface area (Å²) in [6, 6.07) is 7.73. The Kier molecular flexibility index (Phi) is 4.32. The lowest BCUT2D eigenvalue weighted by Crippen LogP contribution is -1.89. The molecule has 0 bridgehead atoms. The molecule has 0 aliphatic heterocycles. The van der Waals surface area contributed by atoms with Crippen molar-refractivity contribution in [2.45, 2.75) is 5.75 Å². The maximum atomic E-state index is 5.58. The first-order valence-electron chi connectivity index (χ1n) is 2.79. The van der Waals surface area contributed by atoms with Gasteiger partial charge in [0.05, 0.1) is 0 Å². The summed E-state index contributed by atoms with van der Waals surface area (Å²) in [5.41, 5.74) is 7.51. The highest BCUT2D eigenvalue weighted by atomic mass is 35.5. The Morgan fingerprint density at radius 3 is 2.30 bits per heavy atom. The van der Waals surface area contributed by atoms with Gasteiger partial charge in [0.2, 0.25) is 0 Å². The summed E-state index contributed by atoms with van der Waals surface area (Å²) < 4.78 is 0. The van der Waals surface area contributed by atoms with E-state index in [0.29, 0.717) is 5.75 Å². The van der Waals surface area contributed by atoms with E-state index in [2.05, 4.69) is 12.6 Å². The van der Waals surface area contributed by atoms with Crippen LogP contribution in [0.3, 0.4) is 0 Å². The minimum atomic E-state index is 0. The predicted molar refractivity (Wildman–Crippen MR) is 50.8 cm³/mol. The maximum absolute atomic E-state index is 5.58. The van der Waals surface area contributed by atoms with Gasteiger partial charge in [-0.1, -0.05) is 18.2 Å². The van der Waals surface area contributed by atoms with E-state index in [1.165, 1.54) is 0 Å². The van der Waals surface area contributed by atoms with Gasteiger partial charge in [-0.3, -0.25) is 0 Å². The lowest BCUT2D eigenvalue weighted by molar-refractivity contribution is 1.43. The van der Waals surface area contributed by atoms with Gasteiger partial charge < -0.3 is 5.73 Å². The van der Waals surface area contributed by atoms with Crippen LogP contribution in [0.4, 0.5) is 5.69 Å². The standard InChI is InChI=1S/C7H9NS.ClH/c8-7-4-2-1-3-6(7)5-9;/h1-4,9H,5,8H2;1H. The molecule has 0 aliphatic rings. The summed E-state index contributed by atoms with van der Waals surface area (Å²) in [4.78, 5) is 0. The molecule has 3 heteroatoms. The molecule has 0 amide bonds. The zero-order chi connectivity index (χ0) is 6.69. The van der Waals surface area contributed by atoms with Crippen molar-refractivity contribution in [1.82, 2.24) is 0 Å². The summed E-state index contributed by atoms with van der Waals surface area (Å²) in [5.74, 6) is 0.715. The van der Waals surface area contributed by atoms with Crippen molar-refractivity contribution in [2.75, 3.05) is 5.73 Å². The highest BCUT2D eigenvalue weighted by Gasteiger charge is 1.90. The zero-order valence-corrected chi connectivity index (χ0v) is 7.16. The van der Waals surface area contributed by atoms with Gasteiger partial charge in [0.25, 0.3) is 0 Å². The lowest BCUT2D eigenvalue weighted by atomic mass is 10.2. The number of benzene rings is 1. The van der Waals surface area contributed by atoms with E-state index in [1.807, 2.05) is 24.3 Å². The molecule has 0 spiro atoms. The van der Waals surface area contributed by atoms with Crippen LogP contribution in [0.2, 0.25) is 0 Å². The number of hydrogen-bond donors (Lipinski definition) is 2. The second-order valence-corrected chi connectivity index (χ2v) is 2.17. The summed E-state index contributed by atoms with van der Waals surface area (Å²) in [5, 5.41) is 0. The van der Waals surface area contributed by atoms with Gasteiger partial charge in [-0.2, -0.15) is 12.6 Å². The van der Waals surface area contributed by atoms with E-state index in [-0.39, 0.29) is 12.4 Å². The Morgan fingerprint density at radius 1 is 1.30 bits per heavy atom. The number of thiol groups is 1. The largest absolute Gasteiger partial charge is 0.398 e. The van der Waals surface area contributed by atoms with Crippen molar-refractivity contribution in [2.24, 2.45) is 0 Å². The van der Waals surface area contributed by atoms with Crippen LogP contribution < -0.4 is 5.73 Å². The van der Waals surface area contributed by atoms with E-state index in [1.54, 1.807) is 0 Å². The van der Waals surface area contributed by atoms with E-state index in [9.17, 15) is 0 Å². The van der Waals surface area contributed by atoms with Crippen LogP contribution in [0.5, 0.6) is 0 Å². The van der Waals surface area contributed by atoms with Crippen LogP contribution in [0.1, 0.15) is 5.56 Å². The second-order valence-electron chi connectivity index (χ2n) is 1.86. The first-order valence-corrected chi connectivity index (χ1v) is 3.42. The first-order chi connectivity index (χ1) is 4.34. The Bertz CT molecular complexity index is 203. The van der Waals surface area contributed by atoms with Gasteiger partial charge in [-0.05, 0) is 11.6 Å². The van der Waals surface area contributed by atoms with E-state index < -0.39 is 0 Å². The predicted octanol–water partition coefficient (Wildman–Crippen LogP) is 2.12. The number of halogens is 1. The number of nitrogens with two attached hydrogens (primary N) is 1. The molecule has 0 saturated carbocycles. The number of anilines is 1. The molecular weight excluding hydrogens is 166 g/mol. The van der Waals surface area contributed by atoms with Crippen LogP contribution in [0.15, 0.2) is 24.3 Å². The van der Waals surface area contributed by atoms with E-state index >= 15 is 0 Å². The SMILES string of the molecule is Cl.Nc1ccccc1CS. The molecule has 0 aromatic heterocycles. The van der Waals surface area contributed by atoms with Gasteiger partial charge in [0.1, 0.15) is 0 Å². The van der Waals surface area contributed by atoms with Crippen LogP contribution >= 0.6 is 25.0 Å². The van der Waals surface area contributed by atoms with Crippen molar-refractivity contribution in [3.05, 3.63) is 29.8 Å². The second kappa shape index (κ2) is 4.47. The fraction of sp³-hybridized carbons (Fsp3) is 0.143. The van der Waals surface area contributed by atoms with Crippen LogP contribution in [-0.4, -0.2) is 0 Å². The number of rotatable bonds is 1. The van der Waals surface area contributed by atoms with E-state index in [4.69, 9.17) is 5.73 Å². The molecule has 2 N–H and O–H groups in total. The summed E-state index contributed by atoms with van der Waals surface area (Å²) in [6.45, 7) is 0. The van der Waals surface area contributed by atoms with Crippen LogP contribution in [0.25, 0.3) is 0 Å². The maximum Gasteiger partial charge on any atom is 0.0354 e.